The van der Waals surface area contributed by atoms with E-state index in [4.69, 9.17) is 21.2 Å². The van der Waals surface area contributed by atoms with Gasteiger partial charge in [-0.25, -0.2) is 5.06 Å². The van der Waals surface area contributed by atoms with Gasteiger partial charge in [0.05, 0.1) is 24.9 Å². The lowest BCUT2D eigenvalue weighted by atomic mass is 9.94. The molecule has 0 amide bonds. The van der Waals surface area contributed by atoms with E-state index in [2.05, 4.69) is 0 Å². The zero-order valence-electron chi connectivity index (χ0n) is 12.8. The lowest BCUT2D eigenvalue weighted by molar-refractivity contribution is -0.148. The van der Waals surface area contributed by atoms with Crippen LogP contribution >= 0.6 is 11.6 Å². The molecule has 0 unspecified atom stereocenters. The van der Waals surface area contributed by atoms with Crippen LogP contribution in [-0.4, -0.2) is 19.2 Å². The van der Waals surface area contributed by atoms with Crippen LogP contribution in [0.25, 0.3) is 0 Å². The number of ether oxygens (including phenoxy) is 1. The number of esters is 1. The fourth-order valence-electron chi connectivity index (χ4n) is 2.78. The molecule has 23 heavy (non-hydrogen) atoms. The highest BCUT2D eigenvalue weighted by molar-refractivity contribution is 6.30. The van der Waals surface area contributed by atoms with Crippen LogP contribution < -0.4 is 5.06 Å². The van der Waals surface area contributed by atoms with Crippen molar-refractivity contribution in [3.63, 3.8) is 0 Å². The number of anilines is 1. The molecule has 1 fully saturated rings. The third kappa shape index (κ3) is 3.33. The molecule has 0 saturated carbocycles. The smallest absolute Gasteiger partial charge is 0.313 e. The molecule has 3 rings (SSSR count). The lowest BCUT2D eigenvalue weighted by Gasteiger charge is -2.27. The minimum atomic E-state index is -0.378. The summed E-state index contributed by atoms with van der Waals surface area (Å²) in [6.45, 7) is 2.45. The van der Waals surface area contributed by atoms with Crippen LogP contribution in [0.2, 0.25) is 5.02 Å². The van der Waals surface area contributed by atoms with Gasteiger partial charge in [0.2, 0.25) is 0 Å². The second-order valence-electron chi connectivity index (χ2n) is 5.31. The summed E-state index contributed by atoms with van der Waals surface area (Å²) in [5.74, 6) is -0.623. The SMILES string of the molecule is CCOC(=O)[C@@H]1CON(c2ccccc2)[C@@H]1c1ccc(Cl)cc1. The summed E-state index contributed by atoms with van der Waals surface area (Å²) in [7, 11) is 0. The first-order valence-corrected chi connectivity index (χ1v) is 7.98. The Kier molecular flexibility index (Phi) is 4.84. The average Bonchev–Trinajstić information content (AvgIpc) is 3.01. The van der Waals surface area contributed by atoms with E-state index in [-0.39, 0.29) is 17.9 Å². The quantitative estimate of drug-likeness (QED) is 0.793. The number of rotatable bonds is 4. The van der Waals surface area contributed by atoms with Crippen molar-refractivity contribution in [2.24, 2.45) is 5.92 Å². The van der Waals surface area contributed by atoms with Crippen molar-refractivity contribution in [2.45, 2.75) is 13.0 Å². The summed E-state index contributed by atoms with van der Waals surface area (Å²) >= 11 is 5.98. The van der Waals surface area contributed by atoms with E-state index in [0.29, 0.717) is 18.2 Å². The van der Waals surface area contributed by atoms with Gasteiger partial charge in [0.1, 0.15) is 5.92 Å². The molecule has 2 aromatic rings. The Hall–Kier alpha value is -2.04. The summed E-state index contributed by atoms with van der Waals surface area (Å²) < 4.78 is 5.21. The van der Waals surface area contributed by atoms with Crippen molar-refractivity contribution in [2.75, 3.05) is 18.3 Å². The minimum Gasteiger partial charge on any atom is -0.466 e. The number of hydroxylamine groups is 1. The van der Waals surface area contributed by atoms with E-state index in [9.17, 15) is 4.79 Å². The molecule has 1 aliphatic rings. The van der Waals surface area contributed by atoms with Crippen LogP contribution in [-0.2, 0) is 14.4 Å². The lowest BCUT2D eigenvalue weighted by Crippen LogP contribution is -2.29. The molecule has 2 aromatic carbocycles. The Morgan fingerprint density at radius 1 is 1.22 bits per heavy atom. The second-order valence-corrected chi connectivity index (χ2v) is 5.75. The Labute approximate surface area is 140 Å². The van der Waals surface area contributed by atoms with Gasteiger partial charge >= 0.3 is 5.97 Å². The number of carbonyl (C=O) groups is 1. The van der Waals surface area contributed by atoms with Crippen LogP contribution in [0.4, 0.5) is 5.69 Å². The number of nitrogens with zero attached hydrogens (tertiary/aromatic N) is 1. The second kappa shape index (κ2) is 7.02. The van der Waals surface area contributed by atoms with E-state index < -0.39 is 0 Å². The van der Waals surface area contributed by atoms with Gasteiger partial charge in [0.25, 0.3) is 0 Å². The number of para-hydroxylation sites is 1. The van der Waals surface area contributed by atoms with Crippen molar-refractivity contribution in [1.82, 2.24) is 0 Å². The third-order valence-electron chi connectivity index (χ3n) is 3.84. The minimum absolute atomic E-state index is 0.242. The molecule has 0 aliphatic carbocycles. The third-order valence-corrected chi connectivity index (χ3v) is 4.09. The van der Waals surface area contributed by atoms with Crippen molar-refractivity contribution in [1.29, 1.82) is 0 Å². The molecular weight excluding hydrogens is 314 g/mol. The number of benzene rings is 2. The first kappa shape index (κ1) is 15.8. The predicted molar refractivity (Wildman–Crippen MR) is 89.2 cm³/mol. The fraction of sp³-hybridized carbons (Fsp3) is 0.278. The van der Waals surface area contributed by atoms with Crippen LogP contribution in [0.3, 0.4) is 0 Å². The van der Waals surface area contributed by atoms with Crippen LogP contribution in [0.15, 0.2) is 54.6 Å². The number of hydrogen-bond donors (Lipinski definition) is 0. The molecule has 4 nitrogen and oxygen atoms in total. The zero-order chi connectivity index (χ0) is 16.2. The summed E-state index contributed by atoms with van der Waals surface area (Å²) in [6.07, 6.45) is 0. The van der Waals surface area contributed by atoms with Crippen LogP contribution in [0.5, 0.6) is 0 Å². The molecule has 5 heteroatoms. The highest BCUT2D eigenvalue weighted by atomic mass is 35.5. The maximum absolute atomic E-state index is 12.3. The first-order chi connectivity index (χ1) is 11.2. The molecule has 1 heterocycles. The van der Waals surface area contributed by atoms with Crippen LogP contribution in [0, 0.1) is 5.92 Å². The normalized spacial score (nSPS) is 20.5. The first-order valence-electron chi connectivity index (χ1n) is 7.60. The van der Waals surface area contributed by atoms with Crippen LogP contribution in [0.1, 0.15) is 18.5 Å². The molecule has 0 aromatic heterocycles. The molecule has 2 atom stereocenters. The molecule has 1 aliphatic heterocycles. The Morgan fingerprint density at radius 3 is 2.57 bits per heavy atom. The van der Waals surface area contributed by atoms with Crippen molar-refractivity contribution >= 4 is 23.3 Å². The predicted octanol–water partition coefficient (Wildman–Crippen LogP) is 4.01. The zero-order valence-corrected chi connectivity index (χ0v) is 13.6. The molecule has 120 valence electrons. The van der Waals surface area contributed by atoms with Crippen molar-refractivity contribution in [3.05, 3.63) is 65.2 Å². The van der Waals surface area contributed by atoms with E-state index in [1.54, 1.807) is 12.0 Å². The van der Waals surface area contributed by atoms with E-state index in [1.807, 2.05) is 54.6 Å². The summed E-state index contributed by atoms with van der Waals surface area (Å²) in [5, 5.41) is 2.44. The van der Waals surface area contributed by atoms with Gasteiger partial charge in [0.15, 0.2) is 0 Å². The average molecular weight is 332 g/mol. The number of carbonyl (C=O) groups excluding carboxylic acids is 1. The van der Waals surface area contributed by atoms with Gasteiger partial charge in [-0.1, -0.05) is 41.9 Å². The summed E-state index contributed by atoms with van der Waals surface area (Å²) in [6, 6.07) is 17.0. The highest BCUT2D eigenvalue weighted by Gasteiger charge is 2.42. The Morgan fingerprint density at radius 2 is 1.91 bits per heavy atom. The molecular formula is C18H18ClNO3. The van der Waals surface area contributed by atoms with E-state index in [0.717, 1.165) is 11.3 Å². The maximum Gasteiger partial charge on any atom is 0.313 e. The maximum atomic E-state index is 12.3. The van der Waals surface area contributed by atoms with E-state index >= 15 is 0 Å². The molecule has 0 spiro atoms. The summed E-state index contributed by atoms with van der Waals surface area (Å²) in [5.41, 5.74) is 1.87. The molecule has 0 radical (unpaired) electrons. The molecule has 1 saturated heterocycles. The Balaban J connectivity index is 1.96. The summed E-state index contributed by atoms with van der Waals surface area (Å²) in [4.78, 5) is 18.1. The molecule has 0 N–H and O–H groups in total. The molecule has 0 bridgehead atoms. The number of hydrogen-bond acceptors (Lipinski definition) is 4. The van der Waals surface area contributed by atoms with Gasteiger partial charge in [0, 0.05) is 5.02 Å². The topological polar surface area (TPSA) is 38.8 Å². The van der Waals surface area contributed by atoms with E-state index in [1.165, 1.54) is 0 Å². The van der Waals surface area contributed by atoms with Gasteiger partial charge in [-0.2, -0.15) is 0 Å². The Bertz CT molecular complexity index is 660. The highest BCUT2D eigenvalue weighted by Crippen LogP contribution is 2.39. The largest absolute Gasteiger partial charge is 0.466 e. The standard InChI is InChI=1S/C18H18ClNO3/c1-2-22-18(21)16-12-23-20(15-6-4-3-5-7-15)17(16)13-8-10-14(19)11-9-13/h3-11,16-17H,2,12H2,1H3/t16-,17-/m1/s1. The van der Waals surface area contributed by atoms with Gasteiger partial charge < -0.3 is 4.74 Å². The van der Waals surface area contributed by atoms with Crippen molar-refractivity contribution in [3.8, 4) is 0 Å². The van der Waals surface area contributed by atoms with Gasteiger partial charge in [-0.15, -0.1) is 0 Å². The van der Waals surface area contributed by atoms with Crippen molar-refractivity contribution < 1.29 is 14.4 Å². The van der Waals surface area contributed by atoms with Gasteiger partial charge in [-0.3, -0.25) is 9.63 Å². The fourth-order valence-corrected chi connectivity index (χ4v) is 2.91. The van der Waals surface area contributed by atoms with Gasteiger partial charge in [-0.05, 0) is 36.8 Å². The number of halogens is 1. The monoisotopic (exact) mass is 331 g/mol.